The van der Waals surface area contributed by atoms with Gasteiger partial charge in [0.05, 0.1) is 5.56 Å². The third-order valence-corrected chi connectivity index (χ3v) is 4.09. The Bertz CT molecular complexity index is 981. The molecule has 3 rings (SSSR count). The zero-order valence-electron chi connectivity index (χ0n) is 14.9. The van der Waals surface area contributed by atoms with Crippen molar-refractivity contribution in [2.24, 2.45) is 0 Å². The van der Waals surface area contributed by atoms with Gasteiger partial charge in [0.25, 0.3) is 11.8 Å². The molecule has 0 unspecified atom stereocenters. The first-order chi connectivity index (χ1) is 13.5. The van der Waals surface area contributed by atoms with E-state index in [4.69, 9.17) is 5.11 Å². The molecule has 6 heteroatoms. The second-order valence-electron chi connectivity index (χ2n) is 6.08. The van der Waals surface area contributed by atoms with Crippen molar-refractivity contribution in [2.45, 2.75) is 6.54 Å². The molecule has 0 aliphatic heterocycles. The molecule has 140 valence electrons. The Labute approximate surface area is 161 Å². The molecule has 0 saturated heterocycles. The number of rotatable bonds is 6. The fourth-order valence-electron chi connectivity index (χ4n) is 2.55. The van der Waals surface area contributed by atoms with Crippen LogP contribution in [-0.4, -0.2) is 22.9 Å². The van der Waals surface area contributed by atoms with E-state index in [-0.39, 0.29) is 17.4 Å². The van der Waals surface area contributed by atoms with Gasteiger partial charge in [-0.3, -0.25) is 9.59 Å². The summed E-state index contributed by atoms with van der Waals surface area (Å²) in [4.78, 5) is 35.2. The number of anilines is 1. The van der Waals surface area contributed by atoms with E-state index in [0.29, 0.717) is 23.4 Å². The summed E-state index contributed by atoms with van der Waals surface area (Å²) in [5.74, 6) is -1.48. The number of aromatic carboxylic acids is 1. The van der Waals surface area contributed by atoms with Gasteiger partial charge in [0, 0.05) is 23.4 Å². The Balaban J connectivity index is 1.56. The van der Waals surface area contributed by atoms with Gasteiger partial charge in [-0.05, 0) is 54.1 Å². The SMILES string of the molecule is O=C(O)c1ccc(NC(=O)c2ccc(CNC(=O)c3ccccc3)cc2)cc1. The molecule has 0 aliphatic rings. The summed E-state index contributed by atoms with van der Waals surface area (Å²) in [5, 5.41) is 14.4. The molecule has 6 nitrogen and oxygen atoms in total. The molecule has 3 N–H and O–H groups in total. The van der Waals surface area contributed by atoms with Gasteiger partial charge < -0.3 is 15.7 Å². The second-order valence-corrected chi connectivity index (χ2v) is 6.08. The predicted molar refractivity (Wildman–Crippen MR) is 105 cm³/mol. The van der Waals surface area contributed by atoms with E-state index in [1.807, 2.05) is 6.07 Å². The summed E-state index contributed by atoms with van der Waals surface area (Å²) in [6.07, 6.45) is 0. The van der Waals surface area contributed by atoms with Crippen LogP contribution in [0.5, 0.6) is 0 Å². The summed E-state index contributed by atoms with van der Waals surface area (Å²) in [7, 11) is 0. The number of carbonyl (C=O) groups excluding carboxylic acids is 2. The van der Waals surface area contributed by atoms with Gasteiger partial charge in [-0.2, -0.15) is 0 Å². The average Bonchev–Trinajstić information content (AvgIpc) is 2.73. The largest absolute Gasteiger partial charge is 0.478 e. The minimum atomic E-state index is -1.02. The van der Waals surface area contributed by atoms with Crippen LogP contribution in [0.1, 0.15) is 36.6 Å². The van der Waals surface area contributed by atoms with Crippen LogP contribution in [0.3, 0.4) is 0 Å². The van der Waals surface area contributed by atoms with E-state index in [1.165, 1.54) is 24.3 Å². The van der Waals surface area contributed by atoms with Gasteiger partial charge in [0.15, 0.2) is 0 Å². The Morgan fingerprint density at radius 1 is 0.679 bits per heavy atom. The van der Waals surface area contributed by atoms with Crippen molar-refractivity contribution in [3.05, 3.63) is 101 Å². The standard InChI is InChI=1S/C22H18N2O4/c25-20(16-4-2-1-3-5-16)23-14-15-6-8-17(9-7-15)21(26)24-19-12-10-18(11-13-19)22(27)28/h1-13H,14H2,(H,23,25)(H,24,26)(H,27,28). The number of nitrogens with one attached hydrogen (secondary N) is 2. The molecule has 0 aliphatic carbocycles. The van der Waals surface area contributed by atoms with Gasteiger partial charge in [0.2, 0.25) is 0 Å². The highest BCUT2D eigenvalue weighted by atomic mass is 16.4. The van der Waals surface area contributed by atoms with Gasteiger partial charge in [0.1, 0.15) is 0 Å². The van der Waals surface area contributed by atoms with Crippen LogP contribution in [0.4, 0.5) is 5.69 Å². The summed E-state index contributed by atoms with van der Waals surface area (Å²) in [6.45, 7) is 0.353. The highest BCUT2D eigenvalue weighted by molar-refractivity contribution is 6.04. The minimum Gasteiger partial charge on any atom is -0.478 e. The highest BCUT2D eigenvalue weighted by Gasteiger charge is 2.08. The Morgan fingerprint density at radius 2 is 1.25 bits per heavy atom. The number of hydrogen-bond acceptors (Lipinski definition) is 3. The highest BCUT2D eigenvalue weighted by Crippen LogP contribution is 2.12. The third-order valence-electron chi connectivity index (χ3n) is 4.09. The number of benzene rings is 3. The first kappa shape index (κ1) is 18.8. The molecule has 0 radical (unpaired) electrons. The van der Waals surface area contributed by atoms with Crippen LogP contribution in [0.2, 0.25) is 0 Å². The van der Waals surface area contributed by atoms with Crippen molar-refractivity contribution in [3.8, 4) is 0 Å². The van der Waals surface area contributed by atoms with Crippen molar-refractivity contribution in [1.29, 1.82) is 0 Å². The van der Waals surface area contributed by atoms with Gasteiger partial charge in [-0.25, -0.2) is 4.79 Å². The molecule has 0 fully saturated rings. The topological polar surface area (TPSA) is 95.5 Å². The molecule has 28 heavy (non-hydrogen) atoms. The lowest BCUT2D eigenvalue weighted by atomic mass is 10.1. The van der Waals surface area contributed by atoms with E-state index in [0.717, 1.165) is 5.56 Å². The molecule has 0 atom stereocenters. The van der Waals surface area contributed by atoms with Gasteiger partial charge >= 0.3 is 5.97 Å². The number of carbonyl (C=O) groups is 3. The van der Waals surface area contributed by atoms with E-state index in [1.54, 1.807) is 48.5 Å². The summed E-state index contributed by atoms with van der Waals surface area (Å²) >= 11 is 0. The number of hydrogen-bond donors (Lipinski definition) is 3. The summed E-state index contributed by atoms with van der Waals surface area (Å²) < 4.78 is 0. The predicted octanol–water partition coefficient (Wildman–Crippen LogP) is 3.57. The normalized spacial score (nSPS) is 10.1. The van der Waals surface area contributed by atoms with Crippen molar-refractivity contribution >= 4 is 23.5 Å². The molecule has 0 bridgehead atoms. The van der Waals surface area contributed by atoms with E-state index in [2.05, 4.69) is 10.6 Å². The maximum atomic E-state index is 12.3. The number of amides is 2. The number of carboxylic acids is 1. The monoisotopic (exact) mass is 374 g/mol. The fourth-order valence-corrected chi connectivity index (χ4v) is 2.55. The zero-order chi connectivity index (χ0) is 19.9. The molecule has 2 amide bonds. The lowest BCUT2D eigenvalue weighted by Crippen LogP contribution is -2.22. The Morgan fingerprint density at radius 3 is 1.86 bits per heavy atom. The van der Waals surface area contributed by atoms with Crippen molar-refractivity contribution < 1.29 is 19.5 Å². The van der Waals surface area contributed by atoms with Gasteiger partial charge in [-0.1, -0.05) is 30.3 Å². The first-order valence-electron chi connectivity index (χ1n) is 8.60. The molecule has 3 aromatic carbocycles. The van der Waals surface area contributed by atoms with Crippen LogP contribution >= 0.6 is 0 Å². The molecule has 0 saturated carbocycles. The van der Waals surface area contributed by atoms with Crippen LogP contribution in [0.15, 0.2) is 78.9 Å². The van der Waals surface area contributed by atoms with Crippen molar-refractivity contribution in [3.63, 3.8) is 0 Å². The molecule has 0 aromatic heterocycles. The fraction of sp³-hybridized carbons (Fsp3) is 0.0455. The molecule has 0 heterocycles. The zero-order valence-corrected chi connectivity index (χ0v) is 14.9. The lowest BCUT2D eigenvalue weighted by molar-refractivity contribution is 0.0696. The summed E-state index contributed by atoms with van der Waals surface area (Å²) in [5.41, 5.74) is 2.58. The first-order valence-corrected chi connectivity index (χ1v) is 8.60. The third kappa shape index (κ3) is 4.82. The smallest absolute Gasteiger partial charge is 0.335 e. The van der Waals surface area contributed by atoms with E-state index in [9.17, 15) is 14.4 Å². The second kappa shape index (κ2) is 8.64. The Hall–Kier alpha value is -3.93. The molecular weight excluding hydrogens is 356 g/mol. The summed E-state index contributed by atoms with van der Waals surface area (Å²) in [6, 6.07) is 21.8. The van der Waals surface area contributed by atoms with Crippen LogP contribution in [0, 0.1) is 0 Å². The van der Waals surface area contributed by atoms with Crippen LogP contribution < -0.4 is 10.6 Å². The minimum absolute atomic E-state index is 0.153. The lowest BCUT2D eigenvalue weighted by Gasteiger charge is -2.08. The van der Waals surface area contributed by atoms with E-state index >= 15 is 0 Å². The molecular formula is C22H18N2O4. The van der Waals surface area contributed by atoms with Crippen LogP contribution in [-0.2, 0) is 6.54 Å². The average molecular weight is 374 g/mol. The van der Waals surface area contributed by atoms with E-state index < -0.39 is 5.97 Å². The number of carboxylic acid groups (broad SMARTS) is 1. The Kier molecular flexibility index (Phi) is 5.81. The maximum absolute atomic E-state index is 12.3. The van der Waals surface area contributed by atoms with Gasteiger partial charge in [-0.15, -0.1) is 0 Å². The maximum Gasteiger partial charge on any atom is 0.335 e. The van der Waals surface area contributed by atoms with Crippen molar-refractivity contribution in [1.82, 2.24) is 5.32 Å². The molecule has 3 aromatic rings. The van der Waals surface area contributed by atoms with Crippen molar-refractivity contribution in [2.75, 3.05) is 5.32 Å². The quantitative estimate of drug-likeness (QED) is 0.615. The van der Waals surface area contributed by atoms with Crippen LogP contribution in [0.25, 0.3) is 0 Å². The molecule has 0 spiro atoms.